The van der Waals surface area contributed by atoms with Crippen LogP contribution in [-0.4, -0.2) is 59.4 Å². The molecule has 1 unspecified atom stereocenters. The molecule has 27 heavy (non-hydrogen) atoms. The normalized spacial score (nSPS) is 22.8. The Balaban J connectivity index is 0.00000210. The van der Waals surface area contributed by atoms with Crippen LogP contribution >= 0.6 is 24.0 Å². The monoisotopic (exact) mass is 482 g/mol. The molecule has 0 bridgehead atoms. The number of piperidine rings is 1. The molecule has 146 valence electrons. The zero-order chi connectivity index (χ0) is 18.0. The Bertz CT molecular complexity index is 801. The molecular formula is C19H27IN6O. The van der Waals surface area contributed by atoms with Gasteiger partial charge in [0, 0.05) is 63.9 Å². The van der Waals surface area contributed by atoms with Gasteiger partial charge in [0.15, 0.2) is 5.96 Å². The van der Waals surface area contributed by atoms with Crippen molar-refractivity contribution in [2.24, 2.45) is 10.4 Å². The van der Waals surface area contributed by atoms with E-state index in [4.69, 9.17) is 0 Å². The molecule has 0 saturated carbocycles. The number of fused-ring (bicyclic) bond motifs is 1. The molecule has 1 amide bonds. The van der Waals surface area contributed by atoms with Gasteiger partial charge in [0.2, 0.25) is 5.91 Å². The summed E-state index contributed by atoms with van der Waals surface area (Å²) in [6.07, 6.45) is 7.79. The lowest BCUT2D eigenvalue weighted by atomic mass is 9.79. The van der Waals surface area contributed by atoms with Crippen LogP contribution in [0.4, 0.5) is 0 Å². The van der Waals surface area contributed by atoms with Crippen LogP contribution < -0.4 is 10.6 Å². The molecule has 1 spiro atoms. The summed E-state index contributed by atoms with van der Waals surface area (Å²) in [6.45, 7) is 3.46. The quantitative estimate of drug-likeness (QED) is 0.397. The van der Waals surface area contributed by atoms with Crippen LogP contribution in [0.25, 0.3) is 5.65 Å². The van der Waals surface area contributed by atoms with Gasteiger partial charge in [-0.3, -0.25) is 9.79 Å². The minimum Gasteiger partial charge on any atom is -0.356 e. The zero-order valence-electron chi connectivity index (χ0n) is 15.6. The van der Waals surface area contributed by atoms with E-state index in [1.807, 2.05) is 35.8 Å². The number of carbonyl (C=O) groups excluding carboxylic acids is 1. The maximum absolute atomic E-state index is 11.7. The number of aromatic nitrogens is 2. The summed E-state index contributed by atoms with van der Waals surface area (Å²) in [6, 6.07) is 6.02. The van der Waals surface area contributed by atoms with Crippen molar-refractivity contribution in [2.75, 3.05) is 33.2 Å². The van der Waals surface area contributed by atoms with E-state index in [0.29, 0.717) is 6.42 Å². The molecule has 2 aromatic rings. The molecule has 2 N–H and O–H groups in total. The van der Waals surface area contributed by atoms with Gasteiger partial charge >= 0.3 is 0 Å². The van der Waals surface area contributed by atoms with Gasteiger partial charge in [-0.15, -0.1) is 24.0 Å². The third kappa shape index (κ3) is 4.36. The van der Waals surface area contributed by atoms with E-state index >= 15 is 0 Å². The Hall–Kier alpha value is -1.84. The number of nitrogens with zero attached hydrogens (tertiary/aromatic N) is 4. The highest BCUT2D eigenvalue weighted by Gasteiger charge is 2.42. The van der Waals surface area contributed by atoms with E-state index in [1.54, 1.807) is 0 Å². The van der Waals surface area contributed by atoms with E-state index < -0.39 is 0 Å². The summed E-state index contributed by atoms with van der Waals surface area (Å²) in [5.41, 5.74) is 2.12. The lowest BCUT2D eigenvalue weighted by Crippen LogP contribution is -2.51. The maximum Gasteiger partial charge on any atom is 0.220 e. The molecule has 0 radical (unpaired) electrons. The first-order valence-electron chi connectivity index (χ1n) is 9.32. The summed E-state index contributed by atoms with van der Waals surface area (Å²) < 4.78 is 2.04. The Labute approximate surface area is 176 Å². The lowest BCUT2D eigenvalue weighted by molar-refractivity contribution is -0.119. The second-order valence-corrected chi connectivity index (χ2v) is 7.40. The number of guanidine groups is 1. The molecule has 4 heterocycles. The molecule has 4 rings (SSSR count). The molecule has 2 fully saturated rings. The van der Waals surface area contributed by atoms with Gasteiger partial charge in [0.25, 0.3) is 0 Å². The first kappa shape index (κ1) is 19.9. The maximum atomic E-state index is 11.7. The number of imidazole rings is 1. The van der Waals surface area contributed by atoms with Crippen molar-refractivity contribution in [1.82, 2.24) is 24.9 Å². The topological polar surface area (TPSA) is 74.0 Å². The third-order valence-corrected chi connectivity index (χ3v) is 5.45. The van der Waals surface area contributed by atoms with E-state index in [1.165, 1.54) is 0 Å². The van der Waals surface area contributed by atoms with Crippen LogP contribution in [0.2, 0.25) is 0 Å². The Morgan fingerprint density at radius 2 is 2.33 bits per heavy atom. The third-order valence-electron chi connectivity index (χ3n) is 5.45. The summed E-state index contributed by atoms with van der Waals surface area (Å²) in [4.78, 5) is 23.1. The summed E-state index contributed by atoms with van der Waals surface area (Å²) in [5, 5.41) is 6.47. The van der Waals surface area contributed by atoms with Gasteiger partial charge < -0.3 is 19.9 Å². The van der Waals surface area contributed by atoms with Crippen LogP contribution in [0.5, 0.6) is 0 Å². The smallest absolute Gasteiger partial charge is 0.220 e. The van der Waals surface area contributed by atoms with E-state index in [2.05, 4.69) is 31.7 Å². The number of hydrogen-bond donors (Lipinski definition) is 2. The first-order chi connectivity index (χ1) is 12.7. The fourth-order valence-corrected chi connectivity index (χ4v) is 4.17. The Morgan fingerprint density at radius 1 is 1.44 bits per heavy atom. The minimum atomic E-state index is 0. The summed E-state index contributed by atoms with van der Waals surface area (Å²) >= 11 is 0. The SMILES string of the molecule is CN=C(NCCc1cn2ccccc2n1)N1CCCC2(CNC(=O)C2)C1.I. The summed E-state index contributed by atoms with van der Waals surface area (Å²) in [5.74, 6) is 1.11. The van der Waals surface area contributed by atoms with Crippen molar-refractivity contribution in [2.45, 2.75) is 25.7 Å². The van der Waals surface area contributed by atoms with Crippen LogP contribution in [-0.2, 0) is 11.2 Å². The number of hydrogen-bond acceptors (Lipinski definition) is 3. The average Bonchev–Trinajstić information content (AvgIpc) is 3.22. The van der Waals surface area contributed by atoms with Crippen molar-refractivity contribution < 1.29 is 4.79 Å². The van der Waals surface area contributed by atoms with Crippen molar-refractivity contribution in [1.29, 1.82) is 0 Å². The van der Waals surface area contributed by atoms with E-state index in [0.717, 1.165) is 62.7 Å². The van der Waals surface area contributed by atoms with E-state index in [9.17, 15) is 4.79 Å². The van der Waals surface area contributed by atoms with Crippen LogP contribution in [0, 0.1) is 5.41 Å². The lowest BCUT2D eigenvalue weighted by Gasteiger charge is -2.40. The van der Waals surface area contributed by atoms with Crippen LogP contribution in [0.1, 0.15) is 25.0 Å². The standard InChI is InChI=1S/C19H26N6O.HI/c1-20-18(25-10-4-7-19(14-25)11-17(26)22-13-19)21-8-6-15-12-24-9-3-2-5-16(24)23-15;/h2-3,5,9,12H,4,6-8,10-11,13-14H2,1H3,(H,20,21)(H,22,26);1H. The molecule has 2 aliphatic heterocycles. The highest BCUT2D eigenvalue weighted by molar-refractivity contribution is 14.0. The van der Waals surface area contributed by atoms with Crippen molar-refractivity contribution in [3.63, 3.8) is 0 Å². The molecule has 2 aliphatic rings. The second kappa shape index (κ2) is 8.45. The van der Waals surface area contributed by atoms with Gasteiger partial charge in [-0.2, -0.15) is 0 Å². The zero-order valence-corrected chi connectivity index (χ0v) is 18.0. The molecule has 0 aromatic carbocycles. The van der Waals surface area contributed by atoms with Crippen molar-refractivity contribution >= 4 is 41.5 Å². The van der Waals surface area contributed by atoms with Gasteiger partial charge in [0.05, 0.1) is 5.69 Å². The molecule has 1 atom stereocenters. The number of pyridine rings is 1. The number of aliphatic imine (C=N–C) groups is 1. The first-order valence-corrected chi connectivity index (χ1v) is 9.32. The molecule has 2 saturated heterocycles. The van der Waals surface area contributed by atoms with Gasteiger partial charge in [-0.05, 0) is 25.0 Å². The van der Waals surface area contributed by atoms with Crippen molar-refractivity contribution in [3.05, 3.63) is 36.3 Å². The van der Waals surface area contributed by atoms with Crippen molar-refractivity contribution in [3.8, 4) is 0 Å². The second-order valence-electron chi connectivity index (χ2n) is 7.40. The number of rotatable bonds is 3. The molecular weight excluding hydrogens is 455 g/mol. The Morgan fingerprint density at radius 3 is 3.07 bits per heavy atom. The predicted molar refractivity (Wildman–Crippen MR) is 117 cm³/mol. The highest BCUT2D eigenvalue weighted by atomic mass is 127. The Kier molecular flexibility index (Phi) is 6.23. The average molecular weight is 482 g/mol. The van der Waals surface area contributed by atoms with Gasteiger partial charge in [-0.1, -0.05) is 6.07 Å². The van der Waals surface area contributed by atoms with Gasteiger partial charge in [0.1, 0.15) is 5.65 Å². The summed E-state index contributed by atoms with van der Waals surface area (Å²) in [7, 11) is 1.83. The van der Waals surface area contributed by atoms with Crippen LogP contribution in [0.15, 0.2) is 35.6 Å². The number of likely N-dealkylation sites (tertiary alicyclic amines) is 1. The van der Waals surface area contributed by atoms with Crippen LogP contribution in [0.3, 0.4) is 0 Å². The van der Waals surface area contributed by atoms with E-state index in [-0.39, 0.29) is 35.3 Å². The fourth-order valence-electron chi connectivity index (χ4n) is 4.17. The molecule has 0 aliphatic carbocycles. The van der Waals surface area contributed by atoms with Gasteiger partial charge in [-0.25, -0.2) is 4.98 Å². The predicted octanol–water partition coefficient (Wildman–Crippen LogP) is 1.67. The fraction of sp³-hybridized carbons (Fsp3) is 0.526. The highest BCUT2D eigenvalue weighted by Crippen LogP contribution is 2.35. The number of carbonyl (C=O) groups is 1. The minimum absolute atomic E-state index is 0. The molecule has 7 nitrogen and oxygen atoms in total. The number of amides is 1. The largest absolute Gasteiger partial charge is 0.356 e. The molecule has 8 heteroatoms. The number of halogens is 1. The molecule has 2 aromatic heterocycles. The number of nitrogens with one attached hydrogen (secondary N) is 2.